The number of benzene rings is 1. The van der Waals surface area contributed by atoms with E-state index in [4.69, 9.17) is 9.47 Å². The Balaban J connectivity index is 2.14. The second-order valence-electron chi connectivity index (χ2n) is 5.87. The molecule has 14 heteroatoms. The summed E-state index contributed by atoms with van der Waals surface area (Å²) in [6.07, 6.45) is 0.244. The van der Waals surface area contributed by atoms with Crippen molar-refractivity contribution in [2.24, 2.45) is 0 Å². The molecule has 0 saturated carbocycles. The van der Waals surface area contributed by atoms with E-state index in [0.717, 1.165) is 0 Å². The highest BCUT2D eigenvalue weighted by Crippen LogP contribution is 2.16. The molecule has 0 fully saturated rings. The largest absolute Gasteiger partial charge is 0.481 e. The van der Waals surface area contributed by atoms with E-state index >= 15 is 0 Å². The first-order valence-corrected chi connectivity index (χ1v) is 11.4. The van der Waals surface area contributed by atoms with E-state index in [-0.39, 0.29) is 29.8 Å². The van der Waals surface area contributed by atoms with Gasteiger partial charge in [0.1, 0.15) is 0 Å². The Hall–Kier alpha value is -2.81. The molecule has 0 aliphatic carbocycles. The van der Waals surface area contributed by atoms with Gasteiger partial charge in [-0.15, -0.1) is 0 Å². The van der Waals surface area contributed by atoms with E-state index in [9.17, 15) is 21.6 Å². The monoisotopic (exact) mass is 459 g/mol. The van der Waals surface area contributed by atoms with Crippen LogP contribution in [-0.4, -0.2) is 53.7 Å². The van der Waals surface area contributed by atoms with Crippen molar-refractivity contribution in [3.8, 4) is 5.88 Å². The molecule has 1 heterocycles. The molecule has 1 aromatic heterocycles. The zero-order chi connectivity index (χ0) is 22.4. The smallest absolute Gasteiger partial charge is 0.336 e. The van der Waals surface area contributed by atoms with Crippen LogP contribution in [0.2, 0.25) is 0 Å². The number of aromatic nitrogens is 2. The summed E-state index contributed by atoms with van der Waals surface area (Å²) < 4.78 is 62.4. The Kier molecular flexibility index (Phi) is 7.66. The molecular weight excluding hydrogens is 438 g/mol. The molecule has 2 amide bonds. The van der Waals surface area contributed by atoms with Crippen molar-refractivity contribution in [1.29, 1.82) is 0 Å². The average molecular weight is 460 g/mol. The van der Waals surface area contributed by atoms with Crippen LogP contribution in [0.25, 0.3) is 0 Å². The minimum absolute atomic E-state index is 0.147. The van der Waals surface area contributed by atoms with Gasteiger partial charge in [-0.2, -0.15) is 13.4 Å². The van der Waals surface area contributed by atoms with Gasteiger partial charge in [-0.1, -0.05) is 22.3 Å². The lowest BCUT2D eigenvalue weighted by Crippen LogP contribution is -2.45. The van der Waals surface area contributed by atoms with Crippen LogP contribution >= 0.6 is 0 Å². The number of hydrogen-bond donors (Lipinski definition) is 3. The molecular formula is C16H21N5O7S2. The van der Waals surface area contributed by atoms with Crippen molar-refractivity contribution in [3.05, 3.63) is 41.6 Å². The minimum Gasteiger partial charge on any atom is -0.481 e. The van der Waals surface area contributed by atoms with Crippen molar-refractivity contribution in [2.45, 2.75) is 18.2 Å². The van der Waals surface area contributed by atoms with Crippen molar-refractivity contribution in [1.82, 2.24) is 18.8 Å². The number of nitrogens with zero attached hydrogens (tertiary/aromatic N) is 2. The summed E-state index contributed by atoms with van der Waals surface area (Å²) in [7, 11) is -6.48. The number of methoxy groups -OCH3 is 2. The lowest BCUT2D eigenvalue weighted by Gasteiger charge is -2.12. The fraction of sp³-hybridized carbons (Fsp3) is 0.312. The van der Waals surface area contributed by atoms with Crippen LogP contribution in [0, 0.1) is 6.92 Å². The van der Waals surface area contributed by atoms with Gasteiger partial charge in [-0.3, -0.25) is 5.32 Å². The summed E-state index contributed by atoms with van der Waals surface area (Å²) in [6.45, 7) is 1.85. The normalized spacial score (nSPS) is 11.7. The molecule has 1 aromatic carbocycles. The maximum absolute atomic E-state index is 12.6. The lowest BCUT2D eigenvalue weighted by molar-refractivity contribution is 0.202. The molecule has 2 aromatic rings. The van der Waals surface area contributed by atoms with E-state index in [1.165, 1.54) is 47.3 Å². The second-order valence-corrected chi connectivity index (χ2v) is 9.20. The van der Waals surface area contributed by atoms with Crippen LogP contribution in [0.5, 0.6) is 5.88 Å². The van der Waals surface area contributed by atoms with E-state index in [0.29, 0.717) is 11.3 Å². The molecule has 2 rings (SSSR count). The summed E-state index contributed by atoms with van der Waals surface area (Å²) in [5, 5.41) is 2.10. The highest BCUT2D eigenvalue weighted by molar-refractivity contribution is 8.04. The van der Waals surface area contributed by atoms with E-state index in [2.05, 4.69) is 15.3 Å². The van der Waals surface area contributed by atoms with Gasteiger partial charge >= 0.3 is 16.2 Å². The van der Waals surface area contributed by atoms with E-state index < -0.39 is 26.3 Å². The summed E-state index contributed by atoms with van der Waals surface area (Å²) in [4.78, 5) is 19.5. The SMILES string of the molecule is COCCc1ccccc1S(=O)(=O)NS(=O)(=O)NC(=O)Nc1nc(C)cc(OC)n1. The van der Waals surface area contributed by atoms with Crippen LogP contribution < -0.4 is 18.9 Å². The molecule has 0 aliphatic rings. The Morgan fingerprint density at radius 2 is 1.80 bits per heavy atom. The molecule has 12 nitrogen and oxygen atoms in total. The Morgan fingerprint density at radius 3 is 2.47 bits per heavy atom. The van der Waals surface area contributed by atoms with Crippen molar-refractivity contribution < 1.29 is 31.1 Å². The average Bonchev–Trinajstić information content (AvgIpc) is 2.64. The number of hydrogen-bond acceptors (Lipinski definition) is 9. The van der Waals surface area contributed by atoms with Crippen LogP contribution in [-0.2, 0) is 31.4 Å². The highest BCUT2D eigenvalue weighted by atomic mass is 32.3. The molecule has 0 aliphatic heterocycles. The summed E-state index contributed by atoms with van der Waals surface area (Å²) in [5.41, 5.74) is 0.806. The van der Waals surface area contributed by atoms with Gasteiger partial charge in [0.15, 0.2) is 0 Å². The van der Waals surface area contributed by atoms with Crippen LogP contribution in [0.15, 0.2) is 35.2 Å². The lowest BCUT2D eigenvalue weighted by atomic mass is 10.2. The number of nitrogens with one attached hydrogen (secondary N) is 3. The maximum Gasteiger partial charge on any atom is 0.336 e. The van der Waals surface area contributed by atoms with Crippen LogP contribution in [0.3, 0.4) is 0 Å². The fourth-order valence-electron chi connectivity index (χ4n) is 2.34. The first-order valence-electron chi connectivity index (χ1n) is 8.40. The van der Waals surface area contributed by atoms with E-state index in [1.54, 1.807) is 13.0 Å². The highest BCUT2D eigenvalue weighted by Gasteiger charge is 2.26. The molecule has 0 bridgehead atoms. The van der Waals surface area contributed by atoms with Gasteiger partial charge < -0.3 is 9.47 Å². The summed E-state index contributed by atoms with van der Waals surface area (Å²) >= 11 is 0. The molecule has 0 atom stereocenters. The number of aryl methyl sites for hydroxylation is 1. The quantitative estimate of drug-likeness (QED) is 0.479. The number of carbonyl (C=O) groups excluding carboxylic acids is 1. The number of sulfonamides is 1. The molecule has 164 valence electrons. The number of rotatable bonds is 9. The van der Waals surface area contributed by atoms with Gasteiger partial charge in [0, 0.05) is 18.9 Å². The van der Waals surface area contributed by atoms with Crippen molar-refractivity contribution >= 4 is 32.2 Å². The number of urea groups is 1. The third-order valence-electron chi connectivity index (χ3n) is 3.55. The predicted octanol–water partition coefficient (Wildman–Crippen LogP) is 0.327. The number of ether oxygens (including phenoxy) is 2. The van der Waals surface area contributed by atoms with Crippen LogP contribution in [0.1, 0.15) is 11.3 Å². The van der Waals surface area contributed by atoms with Gasteiger partial charge in [-0.05, 0) is 25.0 Å². The standard InChI is InChI=1S/C16H21N5O7S2/c1-11-10-14(28-3)18-15(17-11)19-16(22)20-30(25,26)21-29(23,24)13-7-5-4-6-12(13)8-9-27-2/h4-7,10,21H,8-9H2,1-3H3,(H2,17,18,19,20,22). The minimum atomic E-state index is -4.79. The molecule has 0 unspecified atom stereocenters. The first kappa shape index (κ1) is 23.5. The van der Waals surface area contributed by atoms with Gasteiger partial charge in [-0.25, -0.2) is 22.9 Å². The second kappa shape index (κ2) is 9.80. The zero-order valence-corrected chi connectivity index (χ0v) is 18.0. The summed E-state index contributed by atoms with van der Waals surface area (Å²) in [6, 6.07) is 6.06. The van der Waals surface area contributed by atoms with Gasteiger partial charge in [0.05, 0.1) is 18.6 Å². The number of anilines is 1. The van der Waals surface area contributed by atoms with Gasteiger partial charge in [0.2, 0.25) is 11.8 Å². The third kappa shape index (κ3) is 6.62. The first-order chi connectivity index (χ1) is 14.1. The Morgan fingerprint density at radius 1 is 1.10 bits per heavy atom. The molecule has 0 saturated heterocycles. The molecule has 0 radical (unpaired) electrons. The molecule has 3 N–H and O–H groups in total. The van der Waals surface area contributed by atoms with Gasteiger partial charge in [0.25, 0.3) is 10.0 Å². The van der Waals surface area contributed by atoms with Crippen molar-refractivity contribution in [2.75, 3.05) is 26.1 Å². The molecule has 0 spiro atoms. The van der Waals surface area contributed by atoms with E-state index in [1.807, 2.05) is 0 Å². The maximum atomic E-state index is 12.6. The van der Waals surface area contributed by atoms with Crippen LogP contribution in [0.4, 0.5) is 10.7 Å². The molecule has 30 heavy (non-hydrogen) atoms. The zero-order valence-electron chi connectivity index (χ0n) is 16.4. The topological polar surface area (TPSA) is 166 Å². The number of carbonyl (C=O) groups is 1. The van der Waals surface area contributed by atoms with Crippen molar-refractivity contribution in [3.63, 3.8) is 0 Å². The third-order valence-corrected chi connectivity index (χ3v) is 6.74. The predicted molar refractivity (Wildman–Crippen MR) is 107 cm³/mol. The summed E-state index contributed by atoms with van der Waals surface area (Å²) in [5.74, 6) is -0.0821. The number of amides is 2. The fourth-order valence-corrected chi connectivity index (χ4v) is 5.09. The Labute approximate surface area is 174 Å². The Bertz CT molecular complexity index is 1120.